The Labute approximate surface area is 221 Å². The van der Waals surface area contributed by atoms with Crippen LogP contribution in [0.4, 0.5) is 5.69 Å². The highest BCUT2D eigenvalue weighted by Crippen LogP contribution is 2.29. The van der Waals surface area contributed by atoms with Gasteiger partial charge < -0.3 is 31.1 Å². The quantitative estimate of drug-likeness (QED) is 0.239. The van der Waals surface area contributed by atoms with Crippen molar-refractivity contribution >= 4 is 33.5 Å². The van der Waals surface area contributed by atoms with Gasteiger partial charge in [0.15, 0.2) is 5.96 Å². The Bertz CT molecular complexity index is 1270. The van der Waals surface area contributed by atoms with Gasteiger partial charge in [-0.3, -0.25) is 14.6 Å². The van der Waals surface area contributed by atoms with Crippen LogP contribution in [0.2, 0.25) is 0 Å². The van der Waals surface area contributed by atoms with E-state index in [9.17, 15) is 28.2 Å². The molecule has 1 saturated heterocycles. The standard InChI is InChI=1S/C25H32N6O6S/c32-22(28-16-21(24(34)35)30-38(36,37)20-8-2-1-3-9-20)17-6-4-7-19(14-17)31-13-10-18(23(31)33)15-29-25-26-11-5-12-27-25/h1-4,6-9,14,18,21,23,30,33H,5,10-13,15-16H2,(H,28,32)(H,34,35)(H2,26,27,29)/t18-,21-,23-/m0/s1. The molecule has 2 aliphatic rings. The monoisotopic (exact) mass is 544 g/mol. The zero-order valence-corrected chi connectivity index (χ0v) is 21.5. The molecule has 0 unspecified atom stereocenters. The molecule has 1 fully saturated rings. The second kappa shape index (κ2) is 12.2. The molecule has 0 spiro atoms. The largest absolute Gasteiger partial charge is 0.480 e. The van der Waals surface area contributed by atoms with E-state index in [2.05, 4.69) is 25.7 Å². The SMILES string of the molecule is O=C(NC[C@H](NS(=O)(=O)c1ccccc1)C(=O)O)c1cccc(N2CC[C@@H](CNC3=NCCCN3)[C@@H]2O)c1. The maximum atomic E-state index is 12.8. The number of aliphatic hydroxyl groups is 1. The molecule has 3 atom stereocenters. The maximum absolute atomic E-state index is 12.8. The summed E-state index contributed by atoms with van der Waals surface area (Å²) >= 11 is 0. The lowest BCUT2D eigenvalue weighted by molar-refractivity contribution is -0.138. The minimum Gasteiger partial charge on any atom is -0.480 e. The number of benzene rings is 2. The molecule has 0 aromatic heterocycles. The maximum Gasteiger partial charge on any atom is 0.323 e. The van der Waals surface area contributed by atoms with Crippen LogP contribution in [-0.4, -0.2) is 81.5 Å². The topological polar surface area (TPSA) is 172 Å². The summed E-state index contributed by atoms with van der Waals surface area (Å²) in [7, 11) is -4.09. The molecule has 12 nitrogen and oxygen atoms in total. The molecule has 38 heavy (non-hydrogen) atoms. The van der Waals surface area contributed by atoms with E-state index in [0.717, 1.165) is 31.9 Å². The van der Waals surface area contributed by atoms with Gasteiger partial charge in [-0.25, -0.2) is 8.42 Å². The zero-order chi connectivity index (χ0) is 27.1. The van der Waals surface area contributed by atoms with Gasteiger partial charge in [0, 0.05) is 49.9 Å². The highest BCUT2D eigenvalue weighted by molar-refractivity contribution is 7.89. The highest BCUT2D eigenvalue weighted by Gasteiger charge is 2.33. The van der Waals surface area contributed by atoms with Crippen molar-refractivity contribution in [2.24, 2.45) is 10.9 Å². The van der Waals surface area contributed by atoms with E-state index >= 15 is 0 Å². The Morgan fingerprint density at radius 1 is 1.16 bits per heavy atom. The summed E-state index contributed by atoms with van der Waals surface area (Å²) in [5.41, 5.74) is 0.910. The number of carboxylic acids is 1. The molecule has 204 valence electrons. The molecule has 0 aliphatic carbocycles. The number of aliphatic imine (C=N–C) groups is 1. The lowest BCUT2D eigenvalue weighted by Crippen LogP contribution is -2.48. The molecule has 2 aromatic rings. The van der Waals surface area contributed by atoms with Crippen LogP contribution in [0.3, 0.4) is 0 Å². The number of nitrogens with one attached hydrogen (secondary N) is 4. The van der Waals surface area contributed by atoms with Crippen LogP contribution in [0.5, 0.6) is 0 Å². The Hall–Kier alpha value is -3.68. The van der Waals surface area contributed by atoms with Gasteiger partial charge in [-0.2, -0.15) is 4.72 Å². The van der Waals surface area contributed by atoms with Gasteiger partial charge in [-0.1, -0.05) is 24.3 Å². The van der Waals surface area contributed by atoms with Gasteiger partial charge in [0.1, 0.15) is 12.3 Å². The molecular formula is C25H32N6O6S. The average Bonchev–Trinajstić information content (AvgIpc) is 3.30. The predicted molar refractivity (Wildman–Crippen MR) is 141 cm³/mol. The summed E-state index contributed by atoms with van der Waals surface area (Å²) < 4.78 is 27.1. The number of nitrogens with zero attached hydrogens (tertiary/aromatic N) is 2. The number of guanidine groups is 1. The number of anilines is 1. The number of sulfonamides is 1. The molecule has 0 radical (unpaired) electrons. The molecule has 2 aromatic carbocycles. The Balaban J connectivity index is 1.35. The first-order valence-corrected chi connectivity index (χ1v) is 13.9. The van der Waals surface area contributed by atoms with Crippen molar-refractivity contribution in [3.05, 3.63) is 60.2 Å². The minimum atomic E-state index is -4.09. The fourth-order valence-electron chi connectivity index (χ4n) is 4.37. The van der Waals surface area contributed by atoms with E-state index < -0.39 is 40.7 Å². The fraction of sp³-hybridized carbons (Fsp3) is 0.400. The number of hydrogen-bond acceptors (Lipinski definition) is 9. The third kappa shape index (κ3) is 6.79. The molecular weight excluding hydrogens is 512 g/mol. The van der Waals surface area contributed by atoms with Crippen LogP contribution in [0.25, 0.3) is 0 Å². The van der Waals surface area contributed by atoms with Crippen molar-refractivity contribution in [1.82, 2.24) is 20.7 Å². The summed E-state index contributed by atoms with van der Waals surface area (Å²) in [5, 5.41) is 29.3. The molecule has 2 aliphatic heterocycles. The first kappa shape index (κ1) is 27.4. The van der Waals surface area contributed by atoms with Gasteiger partial charge >= 0.3 is 5.97 Å². The van der Waals surface area contributed by atoms with E-state index in [1.165, 1.54) is 24.3 Å². The van der Waals surface area contributed by atoms with Crippen molar-refractivity contribution in [3.8, 4) is 0 Å². The number of rotatable bonds is 10. The van der Waals surface area contributed by atoms with E-state index in [1.807, 2.05) is 4.90 Å². The summed E-state index contributed by atoms with van der Waals surface area (Å²) in [6.07, 6.45) is 0.989. The second-order valence-corrected chi connectivity index (χ2v) is 10.8. The molecule has 6 N–H and O–H groups in total. The predicted octanol–water partition coefficient (Wildman–Crippen LogP) is -0.0683. The van der Waals surface area contributed by atoms with Crippen LogP contribution in [-0.2, 0) is 14.8 Å². The number of carbonyl (C=O) groups is 2. The number of aliphatic carboxylic acids is 1. The summed E-state index contributed by atoms with van der Waals surface area (Å²) in [6.45, 7) is 2.34. The smallest absolute Gasteiger partial charge is 0.323 e. The Kier molecular flexibility index (Phi) is 8.81. The van der Waals surface area contributed by atoms with E-state index in [0.29, 0.717) is 18.8 Å². The van der Waals surface area contributed by atoms with Crippen molar-refractivity contribution < 1.29 is 28.2 Å². The lowest BCUT2D eigenvalue weighted by atomic mass is 10.1. The van der Waals surface area contributed by atoms with Gasteiger partial charge in [-0.05, 0) is 43.2 Å². The van der Waals surface area contributed by atoms with Gasteiger partial charge in [0.05, 0.1) is 4.90 Å². The third-order valence-electron chi connectivity index (χ3n) is 6.47. The molecule has 1 amide bonds. The minimum absolute atomic E-state index is 0.0344. The van der Waals surface area contributed by atoms with Crippen molar-refractivity contribution in [2.75, 3.05) is 37.6 Å². The van der Waals surface area contributed by atoms with Crippen molar-refractivity contribution in [3.63, 3.8) is 0 Å². The molecule has 2 heterocycles. The summed E-state index contributed by atoms with van der Waals surface area (Å²) in [6, 6.07) is 12.5. The first-order chi connectivity index (χ1) is 18.2. The molecule has 13 heteroatoms. The second-order valence-electron chi connectivity index (χ2n) is 9.13. The van der Waals surface area contributed by atoms with E-state index in [4.69, 9.17) is 0 Å². The third-order valence-corrected chi connectivity index (χ3v) is 7.95. The average molecular weight is 545 g/mol. The van der Waals surface area contributed by atoms with Crippen molar-refractivity contribution in [2.45, 2.75) is 30.0 Å². The zero-order valence-electron chi connectivity index (χ0n) is 20.7. The van der Waals surface area contributed by atoms with Gasteiger partial charge in [0.25, 0.3) is 5.91 Å². The molecule has 4 rings (SSSR count). The van der Waals surface area contributed by atoms with Crippen LogP contribution in [0, 0.1) is 5.92 Å². The summed E-state index contributed by atoms with van der Waals surface area (Å²) in [5.74, 6) is -1.28. The molecule has 0 saturated carbocycles. The lowest BCUT2D eigenvalue weighted by Gasteiger charge is -2.26. The van der Waals surface area contributed by atoms with Gasteiger partial charge in [0.2, 0.25) is 10.0 Å². The fourth-order valence-corrected chi connectivity index (χ4v) is 5.58. The number of amides is 1. The number of carbonyl (C=O) groups excluding carboxylic acids is 1. The van der Waals surface area contributed by atoms with E-state index in [1.54, 1.807) is 30.3 Å². The molecule has 0 bridgehead atoms. The van der Waals surface area contributed by atoms with E-state index in [-0.39, 0.29) is 16.4 Å². The van der Waals surface area contributed by atoms with Crippen molar-refractivity contribution in [1.29, 1.82) is 0 Å². The summed E-state index contributed by atoms with van der Waals surface area (Å²) in [4.78, 5) is 30.6. The Morgan fingerprint density at radius 2 is 1.95 bits per heavy atom. The Morgan fingerprint density at radius 3 is 2.66 bits per heavy atom. The number of carboxylic acid groups (broad SMARTS) is 1. The van der Waals surface area contributed by atoms with Crippen LogP contribution in [0.1, 0.15) is 23.2 Å². The van der Waals surface area contributed by atoms with Crippen LogP contribution in [0.15, 0.2) is 64.5 Å². The van der Waals surface area contributed by atoms with Gasteiger partial charge in [-0.15, -0.1) is 0 Å². The van der Waals surface area contributed by atoms with Crippen LogP contribution >= 0.6 is 0 Å². The first-order valence-electron chi connectivity index (χ1n) is 12.4. The number of hydrogen-bond donors (Lipinski definition) is 6. The normalized spacial score (nSPS) is 20.2. The van der Waals surface area contributed by atoms with Crippen LogP contribution < -0.4 is 25.6 Å². The number of aliphatic hydroxyl groups excluding tert-OH is 1. The highest BCUT2D eigenvalue weighted by atomic mass is 32.2.